The van der Waals surface area contributed by atoms with E-state index < -0.39 is 0 Å². The molecule has 0 bridgehead atoms. The summed E-state index contributed by atoms with van der Waals surface area (Å²) in [7, 11) is 0. The van der Waals surface area contributed by atoms with E-state index in [2.05, 4.69) is 24.2 Å². The molecule has 0 unspecified atom stereocenters. The fourth-order valence-corrected chi connectivity index (χ4v) is 5.52. The van der Waals surface area contributed by atoms with Crippen LogP contribution in [-0.4, -0.2) is 9.97 Å². The Morgan fingerprint density at radius 1 is 0.679 bits per heavy atom. The second-order valence-electron chi connectivity index (χ2n) is 7.97. The van der Waals surface area contributed by atoms with E-state index in [-0.39, 0.29) is 0 Å². The predicted octanol–water partition coefficient (Wildman–Crippen LogP) is 8.85. The van der Waals surface area contributed by atoms with Crippen molar-refractivity contribution in [3.63, 3.8) is 0 Å². The second kappa shape index (κ2) is 15.1. The zero-order valence-corrected chi connectivity index (χ0v) is 19.8. The first kappa shape index (κ1) is 23.5. The SMILES string of the molecule is CCCCCCCCCc1nc(-c2nccs2)sc1CCCCCCCCC. The minimum atomic E-state index is 1.09. The normalized spacial score (nSPS) is 11.4. The molecule has 0 amide bonds. The third-order valence-corrected chi connectivity index (χ3v) is 7.49. The molecule has 0 radical (unpaired) electrons. The van der Waals surface area contributed by atoms with E-state index in [0.29, 0.717) is 0 Å². The van der Waals surface area contributed by atoms with Gasteiger partial charge in [0.1, 0.15) is 0 Å². The van der Waals surface area contributed by atoms with Gasteiger partial charge < -0.3 is 0 Å². The highest BCUT2D eigenvalue weighted by atomic mass is 32.1. The van der Waals surface area contributed by atoms with Gasteiger partial charge in [-0.1, -0.05) is 90.9 Å². The van der Waals surface area contributed by atoms with Crippen molar-refractivity contribution in [2.45, 2.75) is 117 Å². The Hall–Kier alpha value is -0.740. The van der Waals surface area contributed by atoms with Crippen molar-refractivity contribution >= 4 is 22.7 Å². The number of rotatable bonds is 17. The van der Waals surface area contributed by atoms with Gasteiger partial charge in [0.2, 0.25) is 0 Å². The molecule has 2 rings (SSSR count). The van der Waals surface area contributed by atoms with Crippen LogP contribution >= 0.6 is 22.7 Å². The molecule has 2 heterocycles. The Balaban J connectivity index is 1.78. The maximum Gasteiger partial charge on any atom is 0.152 e. The van der Waals surface area contributed by atoms with Gasteiger partial charge in [0.25, 0.3) is 0 Å². The number of thiazole rings is 2. The molecule has 0 N–H and O–H groups in total. The topological polar surface area (TPSA) is 25.8 Å². The summed E-state index contributed by atoms with van der Waals surface area (Å²) < 4.78 is 0. The Labute approximate surface area is 181 Å². The smallest absolute Gasteiger partial charge is 0.152 e. The Kier molecular flexibility index (Phi) is 12.7. The summed E-state index contributed by atoms with van der Waals surface area (Å²) in [6.45, 7) is 4.57. The molecule has 0 aliphatic rings. The molecular formula is C24H40N2S2. The number of unbranched alkanes of at least 4 members (excludes halogenated alkanes) is 12. The van der Waals surface area contributed by atoms with E-state index in [0.717, 1.165) is 16.4 Å². The first-order chi connectivity index (χ1) is 13.8. The quantitative estimate of drug-likeness (QED) is 0.239. The van der Waals surface area contributed by atoms with Gasteiger partial charge in [-0.05, 0) is 25.7 Å². The first-order valence-electron chi connectivity index (χ1n) is 11.7. The third-order valence-electron chi connectivity index (χ3n) is 5.42. The van der Waals surface area contributed by atoms with Crippen molar-refractivity contribution in [2.75, 3.05) is 0 Å². The van der Waals surface area contributed by atoms with Crippen LogP contribution < -0.4 is 0 Å². The van der Waals surface area contributed by atoms with Gasteiger partial charge in [-0.25, -0.2) is 9.97 Å². The van der Waals surface area contributed by atoms with Crippen molar-refractivity contribution in [3.8, 4) is 10.0 Å². The molecule has 0 fully saturated rings. The molecular weight excluding hydrogens is 380 g/mol. The van der Waals surface area contributed by atoms with Crippen molar-refractivity contribution in [3.05, 3.63) is 22.1 Å². The minimum absolute atomic E-state index is 1.09. The summed E-state index contributed by atoms with van der Waals surface area (Å²) in [6.07, 6.45) is 23.5. The largest absolute Gasteiger partial charge is 0.242 e. The Morgan fingerprint density at radius 2 is 1.25 bits per heavy atom. The summed E-state index contributed by atoms with van der Waals surface area (Å²) in [4.78, 5) is 11.0. The molecule has 2 aromatic rings. The zero-order chi connectivity index (χ0) is 19.9. The molecule has 0 aromatic carbocycles. The molecule has 0 atom stereocenters. The fourth-order valence-electron chi connectivity index (χ4n) is 3.69. The zero-order valence-electron chi connectivity index (χ0n) is 18.2. The minimum Gasteiger partial charge on any atom is -0.242 e. The van der Waals surface area contributed by atoms with Crippen molar-refractivity contribution in [1.82, 2.24) is 9.97 Å². The van der Waals surface area contributed by atoms with Crippen LogP contribution in [0, 0.1) is 0 Å². The van der Waals surface area contributed by atoms with Gasteiger partial charge in [-0.3, -0.25) is 0 Å². The summed E-state index contributed by atoms with van der Waals surface area (Å²) >= 11 is 3.61. The lowest BCUT2D eigenvalue weighted by Gasteiger charge is -2.04. The van der Waals surface area contributed by atoms with Gasteiger partial charge in [-0.2, -0.15) is 0 Å². The summed E-state index contributed by atoms with van der Waals surface area (Å²) in [5.74, 6) is 0. The van der Waals surface area contributed by atoms with Crippen LogP contribution in [0.25, 0.3) is 10.0 Å². The maximum atomic E-state index is 5.01. The van der Waals surface area contributed by atoms with Crippen molar-refractivity contribution in [1.29, 1.82) is 0 Å². The van der Waals surface area contributed by atoms with Crippen LogP contribution in [-0.2, 0) is 12.8 Å². The summed E-state index contributed by atoms with van der Waals surface area (Å²) in [5, 5.41) is 4.30. The molecule has 0 aliphatic heterocycles. The average Bonchev–Trinajstić information content (AvgIpc) is 3.36. The highest BCUT2D eigenvalue weighted by molar-refractivity contribution is 7.20. The van der Waals surface area contributed by atoms with Gasteiger partial charge in [-0.15, -0.1) is 22.7 Å². The van der Waals surface area contributed by atoms with Crippen molar-refractivity contribution in [2.24, 2.45) is 0 Å². The Morgan fingerprint density at radius 3 is 1.82 bits per heavy atom. The van der Waals surface area contributed by atoms with Crippen LogP contribution in [0.15, 0.2) is 11.6 Å². The number of hydrogen-bond donors (Lipinski definition) is 0. The van der Waals surface area contributed by atoms with Gasteiger partial charge >= 0.3 is 0 Å². The van der Waals surface area contributed by atoms with Gasteiger partial charge in [0.15, 0.2) is 10.0 Å². The van der Waals surface area contributed by atoms with Crippen LogP contribution in [0.3, 0.4) is 0 Å². The predicted molar refractivity (Wildman–Crippen MR) is 127 cm³/mol. The van der Waals surface area contributed by atoms with E-state index in [1.54, 1.807) is 11.3 Å². The highest BCUT2D eigenvalue weighted by Crippen LogP contribution is 2.31. The van der Waals surface area contributed by atoms with E-state index in [1.165, 1.54) is 107 Å². The number of aromatic nitrogens is 2. The molecule has 158 valence electrons. The maximum absolute atomic E-state index is 5.01. The van der Waals surface area contributed by atoms with E-state index in [1.807, 2.05) is 17.5 Å². The standard InChI is InChI=1S/C24H40N2S2/c1-3-5-7-9-11-13-15-17-21-22(18-16-14-12-10-8-6-4-2)28-24(26-21)23-25-19-20-27-23/h19-20H,3-18H2,1-2H3. The molecule has 0 spiro atoms. The molecule has 2 nitrogen and oxygen atoms in total. The molecule has 0 aliphatic carbocycles. The molecule has 0 saturated heterocycles. The first-order valence-corrected chi connectivity index (χ1v) is 13.4. The van der Waals surface area contributed by atoms with Gasteiger partial charge in [0.05, 0.1) is 5.69 Å². The van der Waals surface area contributed by atoms with Crippen LogP contribution in [0.4, 0.5) is 0 Å². The number of nitrogens with zero attached hydrogens (tertiary/aromatic N) is 2. The molecule has 28 heavy (non-hydrogen) atoms. The molecule has 4 heteroatoms. The number of hydrogen-bond acceptors (Lipinski definition) is 4. The summed E-state index contributed by atoms with van der Waals surface area (Å²) in [5.41, 5.74) is 1.37. The van der Waals surface area contributed by atoms with E-state index in [4.69, 9.17) is 4.98 Å². The third kappa shape index (κ3) is 9.17. The van der Waals surface area contributed by atoms with Crippen molar-refractivity contribution < 1.29 is 0 Å². The van der Waals surface area contributed by atoms with Crippen LogP contribution in [0.1, 0.15) is 114 Å². The summed E-state index contributed by atoms with van der Waals surface area (Å²) in [6, 6.07) is 0. The fraction of sp³-hybridized carbons (Fsp3) is 0.750. The lowest BCUT2D eigenvalue weighted by atomic mass is 10.0. The van der Waals surface area contributed by atoms with Crippen LogP contribution in [0.5, 0.6) is 0 Å². The average molecular weight is 421 g/mol. The molecule has 0 saturated carbocycles. The highest BCUT2D eigenvalue weighted by Gasteiger charge is 2.14. The monoisotopic (exact) mass is 420 g/mol. The van der Waals surface area contributed by atoms with E-state index >= 15 is 0 Å². The van der Waals surface area contributed by atoms with E-state index in [9.17, 15) is 0 Å². The van der Waals surface area contributed by atoms with Crippen LogP contribution in [0.2, 0.25) is 0 Å². The molecule has 2 aromatic heterocycles. The second-order valence-corrected chi connectivity index (χ2v) is 9.95. The lowest BCUT2D eigenvalue weighted by molar-refractivity contribution is 0.582. The number of aryl methyl sites for hydroxylation is 2. The Bertz CT molecular complexity index is 569. The lowest BCUT2D eigenvalue weighted by Crippen LogP contribution is -1.93. The van der Waals surface area contributed by atoms with Gasteiger partial charge in [0, 0.05) is 16.5 Å².